The number of thioether (sulfide) groups is 1. The third-order valence-electron chi connectivity index (χ3n) is 2.80. The summed E-state index contributed by atoms with van der Waals surface area (Å²) >= 11 is 7.79. The van der Waals surface area contributed by atoms with E-state index in [0.717, 1.165) is 18.2 Å². The molecule has 0 aromatic heterocycles. The van der Waals surface area contributed by atoms with Gasteiger partial charge in [-0.15, -0.1) is 0 Å². The van der Waals surface area contributed by atoms with Crippen LogP contribution in [0.3, 0.4) is 0 Å². The number of benzene rings is 1. The van der Waals surface area contributed by atoms with Crippen molar-refractivity contribution >= 4 is 41.3 Å². The molecule has 0 saturated carbocycles. The van der Waals surface area contributed by atoms with Crippen LogP contribution in [-0.2, 0) is 4.79 Å². The van der Waals surface area contributed by atoms with Crippen molar-refractivity contribution < 1.29 is 14.7 Å². The van der Waals surface area contributed by atoms with E-state index in [9.17, 15) is 9.59 Å². The Morgan fingerprint density at radius 3 is 2.76 bits per heavy atom. The fraction of sp³-hybridized carbons (Fsp3) is 0.333. The highest BCUT2D eigenvalue weighted by molar-refractivity contribution is 7.98. The summed E-state index contributed by atoms with van der Waals surface area (Å²) in [7, 11) is 0. The lowest BCUT2D eigenvalue weighted by Gasteiger charge is -2.13. The Morgan fingerprint density at radius 1 is 1.48 bits per heavy atom. The highest BCUT2D eigenvalue weighted by Gasteiger charge is 2.11. The molecule has 1 aromatic rings. The molecule has 0 spiro atoms. The Kier molecular flexibility index (Phi) is 7.32. The van der Waals surface area contributed by atoms with Gasteiger partial charge in [-0.2, -0.15) is 11.8 Å². The van der Waals surface area contributed by atoms with Crippen molar-refractivity contribution in [2.24, 2.45) is 0 Å². The van der Waals surface area contributed by atoms with Crippen LogP contribution in [-0.4, -0.2) is 35.0 Å². The summed E-state index contributed by atoms with van der Waals surface area (Å²) in [6.45, 7) is 1.96. The number of carbonyl (C=O) groups excluding carboxylic acids is 1. The van der Waals surface area contributed by atoms with Gasteiger partial charge in [-0.1, -0.05) is 17.7 Å². The molecule has 1 rings (SSSR count). The predicted octanol–water partition coefficient (Wildman–Crippen LogP) is 3.31. The molecule has 1 atom stereocenters. The van der Waals surface area contributed by atoms with Crippen LogP contribution >= 0.6 is 23.4 Å². The van der Waals surface area contributed by atoms with E-state index in [-0.39, 0.29) is 11.9 Å². The number of hydrogen-bond acceptors (Lipinski definition) is 3. The zero-order valence-electron chi connectivity index (χ0n) is 11.9. The highest BCUT2D eigenvalue weighted by atomic mass is 35.5. The Morgan fingerprint density at radius 2 is 2.19 bits per heavy atom. The molecule has 0 heterocycles. The Hall–Kier alpha value is -1.46. The van der Waals surface area contributed by atoms with Crippen LogP contribution in [0.4, 0.5) is 0 Å². The maximum absolute atomic E-state index is 12.1. The molecule has 4 nitrogen and oxygen atoms in total. The van der Waals surface area contributed by atoms with Crippen molar-refractivity contribution in [3.63, 3.8) is 0 Å². The molecule has 1 amide bonds. The van der Waals surface area contributed by atoms with Gasteiger partial charge in [0.05, 0.1) is 0 Å². The molecule has 1 unspecified atom stereocenters. The lowest BCUT2D eigenvalue weighted by Crippen LogP contribution is -2.32. The molecule has 0 aliphatic carbocycles. The maximum atomic E-state index is 12.1. The Labute approximate surface area is 133 Å². The van der Waals surface area contributed by atoms with Crippen molar-refractivity contribution in [2.45, 2.75) is 19.4 Å². The first kappa shape index (κ1) is 17.6. The minimum absolute atomic E-state index is 0.0929. The monoisotopic (exact) mass is 327 g/mol. The van der Waals surface area contributed by atoms with Gasteiger partial charge in [0.25, 0.3) is 5.91 Å². The van der Waals surface area contributed by atoms with Crippen molar-refractivity contribution in [3.05, 3.63) is 40.4 Å². The summed E-state index contributed by atoms with van der Waals surface area (Å²) in [4.78, 5) is 22.5. The van der Waals surface area contributed by atoms with E-state index in [1.54, 1.807) is 30.0 Å². The van der Waals surface area contributed by atoms with Crippen LogP contribution in [0.1, 0.15) is 29.3 Å². The Balaban J connectivity index is 2.74. The molecule has 0 fully saturated rings. The molecule has 6 heteroatoms. The van der Waals surface area contributed by atoms with Crippen LogP contribution in [0, 0.1) is 0 Å². The molecule has 0 saturated heterocycles. The SMILES string of the molecule is CSCCC(C)NC(=O)c1ccc(/C=C/C(=O)O)c(Cl)c1. The number of carboxylic acid groups (broad SMARTS) is 1. The van der Waals surface area contributed by atoms with Gasteiger partial charge in [0, 0.05) is 22.7 Å². The summed E-state index contributed by atoms with van der Waals surface area (Å²) in [5.41, 5.74) is 1.02. The van der Waals surface area contributed by atoms with Gasteiger partial charge < -0.3 is 10.4 Å². The first-order chi connectivity index (χ1) is 9.93. The van der Waals surface area contributed by atoms with E-state index in [2.05, 4.69) is 5.32 Å². The summed E-state index contributed by atoms with van der Waals surface area (Å²) in [6.07, 6.45) is 5.33. The normalized spacial score (nSPS) is 12.3. The van der Waals surface area contributed by atoms with Crippen LogP contribution < -0.4 is 5.32 Å². The maximum Gasteiger partial charge on any atom is 0.328 e. The molecule has 21 heavy (non-hydrogen) atoms. The third-order valence-corrected chi connectivity index (χ3v) is 3.77. The van der Waals surface area contributed by atoms with Gasteiger partial charge in [-0.3, -0.25) is 4.79 Å². The second kappa shape index (κ2) is 8.74. The van der Waals surface area contributed by atoms with Gasteiger partial charge in [0.15, 0.2) is 0 Å². The quantitative estimate of drug-likeness (QED) is 0.754. The van der Waals surface area contributed by atoms with Gasteiger partial charge >= 0.3 is 5.97 Å². The molecule has 0 aliphatic heterocycles. The van der Waals surface area contributed by atoms with Crippen molar-refractivity contribution in [2.75, 3.05) is 12.0 Å². The highest BCUT2D eigenvalue weighted by Crippen LogP contribution is 2.19. The topological polar surface area (TPSA) is 66.4 Å². The molecule has 1 aromatic carbocycles. The van der Waals surface area contributed by atoms with Crippen molar-refractivity contribution in [1.29, 1.82) is 0 Å². The Bertz CT molecular complexity index is 546. The van der Waals surface area contributed by atoms with Crippen LogP contribution in [0.15, 0.2) is 24.3 Å². The summed E-state index contributed by atoms with van der Waals surface area (Å²) in [5, 5.41) is 11.8. The van der Waals surface area contributed by atoms with E-state index in [1.165, 1.54) is 6.08 Å². The molecule has 114 valence electrons. The summed E-state index contributed by atoms with van der Waals surface area (Å²) < 4.78 is 0. The molecule has 0 aliphatic rings. The number of carboxylic acids is 1. The zero-order valence-corrected chi connectivity index (χ0v) is 13.5. The largest absolute Gasteiger partial charge is 0.478 e. The predicted molar refractivity (Wildman–Crippen MR) is 88.0 cm³/mol. The van der Waals surface area contributed by atoms with Gasteiger partial charge in [-0.05, 0) is 49.1 Å². The van der Waals surface area contributed by atoms with Gasteiger partial charge in [0.1, 0.15) is 0 Å². The first-order valence-corrected chi connectivity index (χ1v) is 8.21. The van der Waals surface area contributed by atoms with Crippen LogP contribution in [0.5, 0.6) is 0 Å². The fourth-order valence-corrected chi connectivity index (χ4v) is 2.47. The fourth-order valence-electron chi connectivity index (χ4n) is 1.64. The van der Waals surface area contributed by atoms with E-state index in [4.69, 9.17) is 16.7 Å². The third kappa shape index (κ3) is 6.23. The zero-order chi connectivity index (χ0) is 15.8. The lowest BCUT2D eigenvalue weighted by atomic mass is 10.1. The van der Waals surface area contributed by atoms with Gasteiger partial charge in [0.2, 0.25) is 0 Å². The molecular weight excluding hydrogens is 310 g/mol. The molecule has 2 N–H and O–H groups in total. The smallest absolute Gasteiger partial charge is 0.328 e. The summed E-state index contributed by atoms with van der Waals surface area (Å²) in [6, 6.07) is 4.89. The van der Waals surface area contributed by atoms with Gasteiger partial charge in [-0.25, -0.2) is 4.79 Å². The van der Waals surface area contributed by atoms with Crippen molar-refractivity contribution in [1.82, 2.24) is 5.32 Å². The van der Waals surface area contributed by atoms with E-state index in [1.807, 2.05) is 13.2 Å². The number of halogens is 1. The number of nitrogens with one attached hydrogen (secondary N) is 1. The van der Waals surface area contributed by atoms with Crippen LogP contribution in [0.2, 0.25) is 5.02 Å². The van der Waals surface area contributed by atoms with E-state index in [0.29, 0.717) is 16.1 Å². The van der Waals surface area contributed by atoms with E-state index < -0.39 is 5.97 Å². The number of amides is 1. The summed E-state index contributed by atoms with van der Waals surface area (Å²) in [5.74, 6) is -0.240. The average Bonchev–Trinajstić information content (AvgIpc) is 2.43. The van der Waals surface area contributed by atoms with E-state index >= 15 is 0 Å². The second-order valence-electron chi connectivity index (χ2n) is 4.56. The minimum atomic E-state index is -1.05. The van der Waals surface area contributed by atoms with Crippen LogP contribution in [0.25, 0.3) is 6.08 Å². The second-order valence-corrected chi connectivity index (χ2v) is 5.96. The number of carbonyl (C=O) groups is 2. The van der Waals surface area contributed by atoms with Crippen molar-refractivity contribution in [3.8, 4) is 0 Å². The first-order valence-electron chi connectivity index (χ1n) is 6.44. The molecular formula is C15H18ClNO3S. The molecule has 0 radical (unpaired) electrons. The number of hydrogen-bond donors (Lipinski definition) is 2. The number of aliphatic carboxylic acids is 1. The average molecular weight is 328 g/mol. The minimum Gasteiger partial charge on any atom is -0.478 e. The molecule has 0 bridgehead atoms. The lowest BCUT2D eigenvalue weighted by molar-refractivity contribution is -0.131. The number of rotatable bonds is 7. The standard InChI is InChI=1S/C15H18ClNO3S/c1-10(7-8-21-2)17-15(20)12-4-3-11(13(16)9-12)5-6-14(18)19/h3-6,9-10H,7-8H2,1-2H3,(H,17,20)(H,18,19)/b6-5+.